The van der Waals surface area contributed by atoms with Gasteiger partial charge in [-0.2, -0.15) is 0 Å². The van der Waals surface area contributed by atoms with Crippen LogP contribution in [0, 0.1) is 6.92 Å². The van der Waals surface area contributed by atoms with E-state index in [4.69, 9.17) is 30.2 Å². The molecule has 1 amide bonds. The van der Waals surface area contributed by atoms with Gasteiger partial charge in [0.25, 0.3) is 0 Å². The van der Waals surface area contributed by atoms with Crippen molar-refractivity contribution in [1.29, 1.82) is 0 Å². The highest BCUT2D eigenvalue weighted by molar-refractivity contribution is 6.32. The molecule has 0 unspecified atom stereocenters. The van der Waals surface area contributed by atoms with Gasteiger partial charge in [0.1, 0.15) is 22.8 Å². The number of anilines is 1. The van der Waals surface area contributed by atoms with Crippen LogP contribution in [-0.4, -0.2) is 32.2 Å². The second-order valence-corrected chi connectivity index (χ2v) is 8.19. The van der Waals surface area contributed by atoms with Gasteiger partial charge in [0.2, 0.25) is 5.91 Å². The number of hydrogen-bond donors (Lipinski definition) is 1. The lowest BCUT2D eigenvalue weighted by Gasteiger charge is -2.14. The van der Waals surface area contributed by atoms with Crippen LogP contribution in [0.5, 0.6) is 17.2 Å². The molecular formula is C27H25ClN2O5. The van der Waals surface area contributed by atoms with Crippen LogP contribution in [0.15, 0.2) is 59.4 Å². The average Bonchev–Trinajstić information content (AvgIpc) is 3.29. The Balaban J connectivity index is 1.82. The number of nitrogens with zero attached hydrogens (tertiary/aromatic N) is 1. The van der Waals surface area contributed by atoms with E-state index in [1.807, 2.05) is 38.1 Å². The van der Waals surface area contributed by atoms with E-state index in [0.29, 0.717) is 34.1 Å². The van der Waals surface area contributed by atoms with Crippen LogP contribution in [0.3, 0.4) is 0 Å². The number of aryl methyl sites for hydroxylation is 1. The highest BCUT2D eigenvalue weighted by atomic mass is 35.5. The topological polar surface area (TPSA) is 82.8 Å². The number of methoxy groups -OCH3 is 3. The van der Waals surface area contributed by atoms with Gasteiger partial charge >= 0.3 is 0 Å². The minimum absolute atomic E-state index is 0.219. The summed E-state index contributed by atoms with van der Waals surface area (Å²) < 4.78 is 22.7. The minimum atomic E-state index is -0.334. The van der Waals surface area contributed by atoms with Crippen molar-refractivity contribution in [3.8, 4) is 28.4 Å². The van der Waals surface area contributed by atoms with Gasteiger partial charge in [0.05, 0.1) is 33.3 Å². The van der Waals surface area contributed by atoms with Gasteiger partial charge in [-0.1, -0.05) is 11.6 Å². The van der Waals surface area contributed by atoms with Crippen LogP contribution < -0.4 is 19.5 Å². The lowest BCUT2D eigenvalue weighted by Crippen LogP contribution is -2.09. The van der Waals surface area contributed by atoms with E-state index in [1.165, 1.54) is 6.08 Å². The molecule has 2 heterocycles. The summed E-state index contributed by atoms with van der Waals surface area (Å²) in [5.74, 6) is 1.67. The summed E-state index contributed by atoms with van der Waals surface area (Å²) >= 11 is 6.07. The van der Waals surface area contributed by atoms with Gasteiger partial charge in [0, 0.05) is 39.9 Å². The number of rotatable bonds is 7. The predicted octanol–water partition coefficient (Wildman–Crippen LogP) is 6.52. The zero-order valence-corrected chi connectivity index (χ0v) is 20.8. The summed E-state index contributed by atoms with van der Waals surface area (Å²) in [5, 5.41) is 3.83. The number of carbonyl (C=O) groups is 1. The first-order chi connectivity index (χ1) is 16.9. The largest absolute Gasteiger partial charge is 0.497 e. The molecule has 4 rings (SSSR count). The summed E-state index contributed by atoms with van der Waals surface area (Å²) in [6.07, 6.45) is 4.74. The molecule has 0 atom stereocenters. The molecule has 35 heavy (non-hydrogen) atoms. The lowest BCUT2D eigenvalue weighted by atomic mass is 9.96. The number of pyridine rings is 1. The third-order valence-electron chi connectivity index (χ3n) is 5.73. The second-order valence-electron chi connectivity index (χ2n) is 7.83. The quantitative estimate of drug-likeness (QED) is 0.233. The number of allylic oxidation sites excluding steroid dienone is 1. The Labute approximate surface area is 208 Å². The fourth-order valence-electron chi connectivity index (χ4n) is 4.03. The number of halogens is 1. The maximum absolute atomic E-state index is 12.7. The molecule has 0 aliphatic heterocycles. The molecule has 0 aliphatic rings. The smallest absolute Gasteiger partial charge is 0.248 e. The molecule has 2 aromatic carbocycles. The highest BCUT2D eigenvalue weighted by Crippen LogP contribution is 2.43. The SMILES string of the molecule is COc1ccc(OC)c(-c2coc3c(C)c(OC)c(/C(C)=C/C(=O)Nc4cccnc4Cl)cc23)c1. The summed E-state index contributed by atoms with van der Waals surface area (Å²) in [4.78, 5) is 16.7. The van der Waals surface area contributed by atoms with Crippen LogP contribution in [0.2, 0.25) is 5.15 Å². The van der Waals surface area contributed by atoms with Gasteiger partial charge < -0.3 is 23.9 Å². The van der Waals surface area contributed by atoms with Crippen molar-refractivity contribution in [3.05, 3.63) is 71.2 Å². The molecule has 0 saturated carbocycles. The number of nitrogens with one attached hydrogen (secondary N) is 1. The molecule has 0 radical (unpaired) electrons. The monoisotopic (exact) mass is 492 g/mol. The Morgan fingerprint density at radius 1 is 1.09 bits per heavy atom. The molecule has 180 valence electrons. The Bertz CT molecular complexity index is 1440. The molecule has 1 N–H and O–H groups in total. The van der Waals surface area contributed by atoms with Crippen molar-refractivity contribution in [2.45, 2.75) is 13.8 Å². The second kappa shape index (κ2) is 10.1. The van der Waals surface area contributed by atoms with E-state index in [0.717, 1.165) is 27.6 Å². The molecule has 0 aliphatic carbocycles. The van der Waals surface area contributed by atoms with Crippen molar-refractivity contribution < 1.29 is 23.4 Å². The Hall–Kier alpha value is -3.97. The zero-order valence-electron chi connectivity index (χ0n) is 20.1. The number of aromatic nitrogens is 1. The van der Waals surface area contributed by atoms with Crippen LogP contribution in [0.4, 0.5) is 5.69 Å². The average molecular weight is 493 g/mol. The van der Waals surface area contributed by atoms with Crippen LogP contribution in [-0.2, 0) is 4.79 Å². The molecule has 7 nitrogen and oxygen atoms in total. The van der Waals surface area contributed by atoms with Gasteiger partial charge in [-0.15, -0.1) is 0 Å². The zero-order chi connectivity index (χ0) is 25.1. The summed E-state index contributed by atoms with van der Waals surface area (Å²) in [6, 6.07) is 10.9. The molecule has 0 saturated heterocycles. The number of benzene rings is 2. The van der Waals surface area contributed by atoms with Crippen molar-refractivity contribution in [2.24, 2.45) is 0 Å². The molecule has 4 aromatic rings. The lowest BCUT2D eigenvalue weighted by molar-refractivity contribution is -0.111. The van der Waals surface area contributed by atoms with Crippen molar-refractivity contribution in [1.82, 2.24) is 4.98 Å². The number of amides is 1. The highest BCUT2D eigenvalue weighted by Gasteiger charge is 2.21. The van der Waals surface area contributed by atoms with Crippen molar-refractivity contribution in [2.75, 3.05) is 26.6 Å². The van der Waals surface area contributed by atoms with E-state index in [2.05, 4.69) is 10.3 Å². The molecule has 8 heteroatoms. The first-order valence-corrected chi connectivity index (χ1v) is 11.2. The van der Waals surface area contributed by atoms with E-state index in [-0.39, 0.29) is 11.1 Å². The molecule has 2 aromatic heterocycles. The Morgan fingerprint density at radius 2 is 1.89 bits per heavy atom. The number of hydrogen-bond acceptors (Lipinski definition) is 6. The Morgan fingerprint density at radius 3 is 2.57 bits per heavy atom. The maximum Gasteiger partial charge on any atom is 0.248 e. The van der Waals surface area contributed by atoms with Gasteiger partial charge in [-0.05, 0) is 55.8 Å². The number of furan rings is 1. The van der Waals surface area contributed by atoms with Gasteiger partial charge in [-0.25, -0.2) is 4.98 Å². The third-order valence-corrected chi connectivity index (χ3v) is 6.04. The fourth-order valence-corrected chi connectivity index (χ4v) is 4.19. The molecule has 0 spiro atoms. The molecular weight excluding hydrogens is 468 g/mol. The number of fused-ring (bicyclic) bond motifs is 1. The first kappa shape index (κ1) is 24.2. The Kier molecular flexibility index (Phi) is 6.98. The van der Waals surface area contributed by atoms with Crippen molar-refractivity contribution >= 4 is 39.7 Å². The van der Waals surface area contributed by atoms with Gasteiger partial charge in [0.15, 0.2) is 5.15 Å². The first-order valence-electron chi connectivity index (χ1n) is 10.8. The standard InChI is InChI=1S/C27H25ClN2O5/c1-15(11-24(31)30-22-7-6-10-29-27(22)28)18-13-20-21(14-35-26(20)16(2)25(18)34-5)19-12-17(32-3)8-9-23(19)33-4/h6-14H,1-5H3,(H,30,31)/b15-11+. The summed E-state index contributed by atoms with van der Waals surface area (Å²) in [5.41, 5.74) is 5.06. The van der Waals surface area contributed by atoms with E-state index >= 15 is 0 Å². The maximum atomic E-state index is 12.7. The normalized spacial score (nSPS) is 11.4. The molecule has 0 fully saturated rings. The number of carbonyl (C=O) groups excluding carboxylic acids is 1. The van der Waals surface area contributed by atoms with E-state index in [1.54, 1.807) is 45.9 Å². The predicted molar refractivity (Wildman–Crippen MR) is 138 cm³/mol. The van der Waals surface area contributed by atoms with Gasteiger partial charge in [-0.3, -0.25) is 4.79 Å². The minimum Gasteiger partial charge on any atom is -0.497 e. The third kappa shape index (κ3) is 4.68. The fraction of sp³-hybridized carbons (Fsp3) is 0.185. The van der Waals surface area contributed by atoms with Crippen molar-refractivity contribution in [3.63, 3.8) is 0 Å². The van der Waals surface area contributed by atoms with Crippen LogP contribution in [0.1, 0.15) is 18.1 Å². The van der Waals surface area contributed by atoms with Crippen LogP contribution in [0.25, 0.3) is 27.7 Å². The van der Waals surface area contributed by atoms with Crippen LogP contribution >= 0.6 is 11.6 Å². The van der Waals surface area contributed by atoms with E-state index < -0.39 is 0 Å². The summed E-state index contributed by atoms with van der Waals surface area (Å²) in [7, 11) is 4.83. The molecule has 0 bridgehead atoms. The van der Waals surface area contributed by atoms with E-state index in [9.17, 15) is 4.79 Å². The number of ether oxygens (including phenoxy) is 3. The summed E-state index contributed by atoms with van der Waals surface area (Å²) in [6.45, 7) is 3.77.